The maximum absolute atomic E-state index is 13.1. The summed E-state index contributed by atoms with van der Waals surface area (Å²) in [4.78, 5) is 29.2. The fourth-order valence-corrected chi connectivity index (χ4v) is 5.03. The summed E-state index contributed by atoms with van der Waals surface area (Å²) in [7, 11) is 1.62. The summed E-state index contributed by atoms with van der Waals surface area (Å²) in [5.74, 6) is -0.184. The van der Waals surface area contributed by atoms with Crippen LogP contribution in [0.2, 0.25) is 10.0 Å². The van der Waals surface area contributed by atoms with Crippen LogP contribution in [0.4, 0.5) is 5.69 Å². The number of morpholine rings is 1. The van der Waals surface area contributed by atoms with Gasteiger partial charge >= 0.3 is 0 Å². The molecule has 4 rings (SSSR count). The van der Waals surface area contributed by atoms with Gasteiger partial charge in [0, 0.05) is 44.0 Å². The second-order valence-corrected chi connectivity index (χ2v) is 10.6. The molecule has 41 heavy (non-hydrogen) atoms. The number of carbonyl (C=O) groups is 2. The number of ether oxygens (including phenoxy) is 1. The number of nitriles is 1. The fourth-order valence-electron chi connectivity index (χ4n) is 4.73. The van der Waals surface area contributed by atoms with Crippen LogP contribution in [0.25, 0.3) is 11.1 Å². The van der Waals surface area contributed by atoms with Gasteiger partial charge in [-0.25, -0.2) is 0 Å². The van der Waals surface area contributed by atoms with Crippen LogP contribution in [0.1, 0.15) is 22.0 Å². The zero-order valence-corrected chi connectivity index (χ0v) is 24.4. The van der Waals surface area contributed by atoms with Crippen molar-refractivity contribution in [3.63, 3.8) is 0 Å². The first kappa shape index (κ1) is 30.5. The normalized spacial score (nSPS) is 14.2. The number of hydrogen-bond acceptors (Lipinski definition) is 7. The van der Waals surface area contributed by atoms with Crippen LogP contribution in [-0.2, 0) is 9.53 Å². The van der Waals surface area contributed by atoms with Gasteiger partial charge in [-0.3, -0.25) is 14.5 Å². The van der Waals surface area contributed by atoms with Gasteiger partial charge in [-0.1, -0.05) is 59.6 Å². The Bertz CT molecular complexity index is 1390. The molecular formula is C31H33Cl2N5O3. The molecule has 1 unspecified atom stereocenters. The van der Waals surface area contributed by atoms with Crippen molar-refractivity contribution in [3.8, 4) is 17.2 Å². The number of carbonyl (C=O) groups excluding carboxylic acids is 2. The minimum Gasteiger partial charge on any atom is -0.379 e. The molecular weight excluding hydrogens is 561 g/mol. The molecule has 3 aromatic carbocycles. The Morgan fingerprint density at radius 1 is 1.02 bits per heavy atom. The van der Waals surface area contributed by atoms with Crippen LogP contribution < -0.4 is 15.5 Å². The highest BCUT2D eigenvalue weighted by atomic mass is 35.5. The number of Topliss-reactive ketones (excluding diaryl/α,β-unsaturated/α-hetero) is 1. The predicted molar refractivity (Wildman–Crippen MR) is 163 cm³/mol. The van der Waals surface area contributed by atoms with Gasteiger partial charge in [0.15, 0.2) is 5.78 Å². The molecule has 0 aliphatic carbocycles. The van der Waals surface area contributed by atoms with Crippen molar-refractivity contribution in [3.05, 3.63) is 87.9 Å². The number of anilines is 1. The average Bonchev–Trinajstić information content (AvgIpc) is 3.00. The summed E-state index contributed by atoms with van der Waals surface area (Å²) in [5, 5.41) is 16.2. The molecule has 2 N–H and O–H groups in total. The second kappa shape index (κ2) is 15.0. The first-order valence-electron chi connectivity index (χ1n) is 13.4. The van der Waals surface area contributed by atoms with Crippen molar-refractivity contribution in [2.75, 3.05) is 64.4 Å². The first-order chi connectivity index (χ1) is 19.9. The SMILES string of the molecule is CNC(=O)c1cccc(-c2ccc(C(CN3CCOCC3)NCC(=O)CN(CC#N)c3ccc(Cl)c(Cl)c3)cc2)c1. The summed E-state index contributed by atoms with van der Waals surface area (Å²) in [6, 6.07) is 22.8. The van der Waals surface area contributed by atoms with Crippen LogP contribution in [0.3, 0.4) is 0 Å². The van der Waals surface area contributed by atoms with E-state index in [0.717, 1.165) is 36.3 Å². The average molecular weight is 595 g/mol. The highest BCUT2D eigenvalue weighted by Crippen LogP contribution is 2.27. The smallest absolute Gasteiger partial charge is 0.251 e. The molecule has 0 bridgehead atoms. The van der Waals surface area contributed by atoms with Crippen LogP contribution in [0.5, 0.6) is 0 Å². The first-order valence-corrected chi connectivity index (χ1v) is 14.2. The van der Waals surface area contributed by atoms with Crippen LogP contribution in [-0.4, -0.2) is 76.1 Å². The lowest BCUT2D eigenvalue weighted by Crippen LogP contribution is -2.43. The van der Waals surface area contributed by atoms with Crippen molar-refractivity contribution in [1.29, 1.82) is 5.26 Å². The minimum absolute atomic E-state index is 0.0451. The standard InChI is InChI=1S/C31H33Cl2N5O3/c1-35-31(40)25-4-2-3-24(17-25)22-5-7-23(8-6-22)30(21-37-13-15-41-16-14-37)36-19-27(39)20-38(12-11-34)26-9-10-28(32)29(33)18-26/h2-10,17-18,30,36H,12-16,19-21H2,1H3,(H,35,40). The number of benzene rings is 3. The number of nitrogens with zero attached hydrogens (tertiary/aromatic N) is 3. The Kier molecular flexibility index (Phi) is 11.1. The van der Waals surface area contributed by atoms with E-state index in [0.29, 0.717) is 34.5 Å². The highest BCUT2D eigenvalue weighted by Gasteiger charge is 2.20. The van der Waals surface area contributed by atoms with Crippen molar-refractivity contribution in [1.82, 2.24) is 15.5 Å². The van der Waals surface area contributed by atoms with E-state index in [1.165, 1.54) is 0 Å². The van der Waals surface area contributed by atoms with Crippen LogP contribution >= 0.6 is 23.2 Å². The highest BCUT2D eigenvalue weighted by molar-refractivity contribution is 6.42. The number of halogens is 2. The number of nitrogens with one attached hydrogen (secondary N) is 2. The molecule has 1 atom stereocenters. The molecule has 214 valence electrons. The Hall–Kier alpha value is -3.45. The van der Waals surface area contributed by atoms with Crippen molar-refractivity contribution < 1.29 is 14.3 Å². The second-order valence-electron chi connectivity index (χ2n) is 9.78. The Morgan fingerprint density at radius 3 is 2.46 bits per heavy atom. The molecule has 0 spiro atoms. The van der Waals surface area contributed by atoms with Crippen molar-refractivity contribution >= 4 is 40.6 Å². The topological polar surface area (TPSA) is 97.7 Å². The molecule has 8 nitrogen and oxygen atoms in total. The Morgan fingerprint density at radius 2 is 1.78 bits per heavy atom. The van der Waals surface area contributed by atoms with E-state index in [9.17, 15) is 14.9 Å². The Balaban J connectivity index is 1.47. The number of ketones is 1. The summed E-state index contributed by atoms with van der Waals surface area (Å²) in [6.07, 6.45) is 0. The molecule has 1 amide bonds. The molecule has 1 heterocycles. The van der Waals surface area contributed by atoms with E-state index >= 15 is 0 Å². The molecule has 10 heteroatoms. The third kappa shape index (κ3) is 8.52. The predicted octanol–water partition coefficient (Wildman–Crippen LogP) is 4.58. The number of hydrogen-bond donors (Lipinski definition) is 2. The monoisotopic (exact) mass is 593 g/mol. The lowest BCUT2D eigenvalue weighted by molar-refractivity contribution is -0.117. The quantitative estimate of drug-likeness (QED) is 0.297. The molecule has 0 aromatic heterocycles. The molecule has 1 aliphatic heterocycles. The third-order valence-corrected chi connectivity index (χ3v) is 7.72. The maximum Gasteiger partial charge on any atom is 0.251 e. The van der Waals surface area contributed by atoms with Crippen LogP contribution in [0, 0.1) is 11.3 Å². The largest absolute Gasteiger partial charge is 0.379 e. The van der Waals surface area contributed by atoms with E-state index < -0.39 is 0 Å². The van der Waals surface area contributed by atoms with Crippen molar-refractivity contribution in [2.24, 2.45) is 0 Å². The van der Waals surface area contributed by atoms with Gasteiger partial charge in [0.05, 0.1) is 42.4 Å². The van der Waals surface area contributed by atoms with Gasteiger partial charge in [0.1, 0.15) is 6.54 Å². The van der Waals surface area contributed by atoms with Gasteiger partial charge < -0.3 is 20.3 Å². The van der Waals surface area contributed by atoms with Crippen LogP contribution in [0.15, 0.2) is 66.7 Å². The lowest BCUT2D eigenvalue weighted by Gasteiger charge is -2.31. The minimum atomic E-state index is -0.129. The third-order valence-electron chi connectivity index (χ3n) is 6.99. The van der Waals surface area contributed by atoms with E-state index in [2.05, 4.69) is 33.7 Å². The molecule has 3 aromatic rings. The fraction of sp³-hybridized carbons (Fsp3) is 0.323. The molecule has 0 radical (unpaired) electrons. The zero-order chi connectivity index (χ0) is 29.2. The summed E-state index contributed by atoms with van der Waals surface area (Å²) in [6.45, 7) is 3.96. The summed E-state index contributed by atoms with van der Waals surface area (Å²) >= 11 is 12.2. The molecule has 1 fully saturated rings. The number of rotatable bonds is 12. The summed E-state index contributed by atoms with van der Waals surface area (Å²) in [5.41, 5.74) is 4.26. The van der Waals surface area contributed by atoms with Gasteiger partial charge in [0.25, 0.3) is 5.91 Å². The molecule has 0 saturated carbocycles. The number of amides is 1. The summed E-state index contributed by atoms with van der Waals surface area (Å²) < 4.78 is 5.51. The van der Waals surface area contributed by atoms with E-state index in [1.54, 1.807) is 36.2 Å². The zero-order valence-electron chi connectivity index (χ0n) is 22.9. The van der Waals surface area contributed by atoms with E-state index in [-0.39, 0.29) is 37.4 Å². The van der Waals surface area contributed by atoms with E-state index in [4.69, 9.17) is 27.9 Å². The molecule has 1 saturated heterocycles. The van der Waals surface area contributed by atoms with Gasteiger partial charge in [-0.15, -0.1) is 0 Å². The lowest BCUT2D eigenvalue weighted by atomic mass is 9.98. The maximum atomic E-state index is 13.1. The Labute approximate surface area is 250 Å². The van der Waals surface area contributed by atoms with E-state index in [1.807, 2.05) is 30.3 Å². The van der Waals surface area contributed by atoms with Crippen molar-refractivity contribution in [2.45, 2.75) is 6.04 Å². The van der Waals surface area contributed by atoms with Gasteiger partial charge in [-0.05, 0) is 47.0 Å². The van der Waals surface area contributed by atoms with Gasteiger partial charge in [0.2, 0.25) is 0 Å². The van der Waals surface area contributed by atoms with Gasteiger partial charge in [-0.2, -0.15) is 5.26 Å². The molecule has 1 aliphatic rings.